The molecule has 0 saturated heterocycles. The fraction of sp³-hybridized carbons (Fsp3) is 0.872. The minimum absolute atomic E-state index is 0.0799. The molecule has 0 heterocycles. The van der Waals surface area contributed by atoms with Crippen LogP contribution in [-0.2, 0) is 19.1 Å². The van der Waals surface area contributed by atoms with Gasteiger partial charge in [0.1, 0.15) is 12.6 Å². The number of rotatable bonds is 35. The summed E-state index contributed by atoms with van der Waals surface area (Å²) in [4.78, 5) is 34.8. The largest absolute Gasteiger partial charge is 0.480 e. The highest BCUT2D eigenvalue weighted by Crippen LogP contribution is 2.16. The SMILES string of the molecule is CCCCCCC/C=C\C(CCCCCCC(=O)NCC(=O)O)OC(=O)CCCCCCCCCCCCCCCCCCC. The number of hydrogen-bond donors (Lipinski definition) is 2. The summed E-state index contributed by atoms with van der Waals surface area (Å²) in [6.07, 6.45) is 39.2. The fourth-order valence-electron chi connectivity index (χ4n) is 5.78. The lowest BCUT2D eigenvalue weighted by atomic mass is 10.0. The summed E-state index contributed by atoms with van der Waals surface area (Å²) in [5.74, 6) is -1.32. The first-order valence-electron chi connectivity index (χ1n) is 19.3. The molecule has 6 nitrogen and oxygen atoms in total. The number of carbonyl (C=O) groups excluding carboxylic acids is 2. The van der Waals surface area contributed by atoms with Crippen molar-refractivity contribution in [2.75, 3.05) is 6.54 Å². The van der Waals surface area contributed by atoms with Crippen molar-refractivity contribution in [1.82, 2.24) is 5.32 Å². The topological polar surface area (TPSA) is 92.7 Å². The molecule has 0 fully saturated rings. The highest BCUT2D eigenvalue weighted by Gasteiger charge is 2.12. The first kappa shape index (κ1) is 43.1. The zero-order chi connectivity index (χ0) is 33.1. The van der Waals surface area contributed by atoms with Gasteiger partial charge >= 0.3 is 11.9 Å². The van der Waals surface area contributed by atoms with Crippen LogP contribution >= 0.6 is 0 Å². The number of nitrogens with one attached hydrogen (secondary N) is 1. The zero-order valence-corrected chi connectivity index (χ0v) is 29.7. The number of allylic oxidation sites excluding steroid dienone is 1. The van der Waals surface area contributed by atoms with E-state index in [2.05, 4.69) is 31.3 Å². The molecule has 264 valence electrons. The number of unbranched alkanes of at least 4 members (excludes halogenated alkanes) is 24. The van der Waals surface area contributed by atoms with Crippen molar-refractivity contribution in [3.05, 3.63) is 12.2 Å². The quantitative estimate of drug-likeness (QED) is 0.0410. The molecule has 1 atom stereocenters. The second-order valence-corrected chi connectivity index (χ2v) is 13.2. The fourth-order valence-corrected chi connectivity index (χ4v) is 5.78. The number of carbonyl (C=O) groups is 3. The molecule has 0 saturated carbocycles. The standard InChI is InChI=1S/C39H73NO5/c1-3-5-7-9-11-12-13-14-15-16-17-18-19-20-22-24-30-34-39(44)45-36(31-27-23-21-10-8-6-4-2)32-28-25-26-29-33-37(41)40-35-38(42)43/h27,31,36H,3-26,28-30,32-35H2,1-2H3,(H,40,41)(H,42,43)/b31-27-. The summed E-state index contributed by atoms with van der Waals surface area (Å²) in [6, 6.07) is 0. The Kier molecular flexibility index (Phi) is 33.6. The molecule has 0 rings (SSSR count). The van der Waals surface area contributed by atoms with Gasteiger partial charge in [-0.25, -0.2) is 0 Å². The Morgan fingerprint density at radius 2 is 1.00 bits per heavy atom. The van der Waals surface area contributed by atoms with Gasteiger partial charge in [0.25, 0.3) is 0 Å². The van der Waals surface area contributed by atoms with Crippen LogP contribution in [0.4, 0.5) is 0 Å². The van der Waals surface area contributed by atoms with Crippen molar-refractivity contribution in [2.24, 2.45) is 0 Å². The Hall–Kier alpha value is -1.85. The summed E-state index contributed by atoms with van der Waals surface area (Å²) >= 11 is 0. The van der Waals surface area contributed by atoms with E-state index >= 15 is 0 Å². The number of aliphatic carboxylic acids is 1. The highest BCUT2D eigenvalue weighted by atomic mass is 16.5. The van der Waals surface area contributed by atoms with Crippen molar-refractivity contribution in [2.45, 2.75) is 213 Å². The van der Waals surface area contributed by atoms with Gasteiger partial charge in [0.15, 0.2) is 0 Å². The molecule has 1 unspecified atom stereocenters. The van der Waals surface area contributed by atoms with Crippen LogP contribution in [0.25, 0.3) is 0 Å². The monoisotopic (exact) mass is 636 g/mol. The van der Waals surface area contributed by atoms with Crippen LogP contribution in [0, 0.1) is 0 Å². The van der Waals surface area contributed by atoms with E-state index in [9.17, 15) is 14.4 Å². The van der Waals surface area contributed by atoms with Gasteiger partial charge in [0.05, 0.1) is 0 Å². The molecule has 0 aliphatic heterocycles. The number of carboxylic acids is 1. The van der Waals surface area contributed by atoms with Crippen LogP contribution in [0.15, 0.2) is 12.2 Å². The lowest BCUT2D eigenvalue weighted by molar-refractivity contribution is -0.147. The molecule has 0 aliphatic rings. The Morgan fingerprint density at radius 1 is 0.578 bits per heavy atom. The summed E-state index contributed by atoms with van der Waals surface area (Å²) in [5, 5.41) is 11.0. The molecule has 45 heavy (non-hydrogen) atoms. The van der Waals surface area contributed by atoms with Gasteiger partial charge in [-0.15, -0.1) is 0 Å². The van der Waals surface area contributed by atoms with Gasteiger partial charge < -0.3 is 15.2 Å². The van der Waals surface area contributed by atoms with E-state index in [0.717, 1.165) is 51.4 Å². The normalized spacial score (nSPS) is 12.0. The maximum atomic E-state index is 12.6. The van der Waals surface area contributed by atoms with Crippen LogP contribution in [-0.4, -0.2) is 35.6 Å². The molecule has 0 aromatic rings. The second-order valence-electron chi connectivity index (χ2n) is 13.2. The van der Waals surface area contributed by atoms with Crippen LogP contribution in [0.5, 0.6) is 0 Å². The molecule has 2 N–H and O–H groups in total. The third-order valence-electron chi connectivity index (χ3n) is 8.67. The average molecular weight is 636 g/mol. The number of ether oxygens (including phenoxy) is 1. The summed E-state index contributed by atoms with van der Waals surface area (Å²) < 4.78 is 5.88. The van der Waals surface area contributed by atoms with Crippen molar-refractivity contribution < 1.29 is 24.2 Å². The number of amides is 1. The molecular weight excluding hydrogens is 562 g/mol. The summed E-state index contributed by atoms with van der Waals surface area (Å²) in [6.45, 7) is 4.19. The van der Waals surface area contributed by atoms with E-state index in [1.54, 1.807) is 0 Å². The van der Waals surface area contributed by atoms with Crippen LogP contribution < -0.4 is 5.32 Å². The van der Waals surface area contributed by atoms with Crippen molar-refractivity contribution in [3.63, 3.8) is 0 Å². The lowest BCUT2D eigenvalue weighted by Crippen LogP contribution is -2.28. The van der Waals surface area contributed by atoms with E-state index in [0.29, 0.717) is 12.8 Å². The zero-order valence-electron chi connectivity index (χ0n) is 29.7. The van der Waals surface area contributed by atoms with Crippen molar-refractivity contribution in [1.29, 1.82) is 0 Å². The van der Waals surface area contributed by atoms with Crippen molar-refractivity contribution in [3.8, 4) is 0 Å². The summed E-state index contributed by atoms with van der Waals surface area (Å²) in [5.41, 5.74) is 0. The molecule has 0 bridgehead atoms. The Labute approximate surface area is 278 Å². The third-order valence-corrected chi connectivity index (χ3v) is 8.67. The van der Waals surface area contributed by atoms with Crippen LogP contribution in [0.3, 0.4) is 0 Å². The minimum Gasteiger partial charge on any atom is -0.480 e. The maximum absolute atomic E-state index is 12.6. The average Bonchev–Trinajstić information content (AvgIpc) is 3.02. The van der Waals surface area contributed by atoms with E-state index in [4.69, 9.17) is 9.84 Å². The second kappa shape index (κ2) is 35.0. The predicted molar refractivity (Wildman–Crippen MR) is 190 cm³/mol. The first-order valence-corrected chi connectivity index (χ1v) is 19.3. The van der Waals surface area contributed by atoms with E-state index in [-0.39, 0.29) is 24.5 Å². The van der Waals surface area contributed by atoms with E-state index < -0.39 is 5.97 Å². The number of carboxylic acid groups (broad SMARTS) is 1. The van der Waals surface area contributed by atoms with Gasteiger partial charge in [0.2, 0.25) is 5.91 Å². The van der Waals surface area contributed by atoms with Gasteiger partial charge in [-0.3, -0.25) is 14.4 Å². The molecule has 0 aromatic heterocycles. The molecular formula is C39H73NO5. The Morgan fingerprint density at radius 3 is 1.49 bits per heavy atom. The molecule has 0 spiro atoms. The smallest absolute Gasteiger partial charge is 0.322 e. The highest BCUT2D eigenvalue weighted by molar-refractivity contribution is 5.80. The third kappa shape index (κ3) is 34.9. The molecule has 6 heteroatoms. The van der Waals surface area contributed by atoms with Gasteiger partial charge in [-0.05, 0) is 44.6 Å². The molecule has 0 aliphatic carbocycles. The minimum atomic E-state index is -1.03. The first-order chi connectivity index (χ1) is 22.0. The van der Waals surface area contributed by atoms with Crippen LogP contribution in [0.2, 0.25) is 0 Å². The molecule has 0 aromatic carbocycles. The molecule has 0 radical (unpaired) electrons. The number of hydrogen-bond acceptors (Lipinski definition) is 4. The van der Waals surface area contributed by atoms with Crippen LogP contribution in [0.1, 0.15) is 206 Å². The Balaban J connectivity index is 4.00. The predicted octanol–water partition coefficient (Wildman–Crippen LogP) is 11.4. The number of esters is 1. The molecule has 1 amide bonds. The Bertz CT molecular complexity index is 708. The van der Waals surface area contributed by atoms with E-state index in [1.165, 1.54) is 128 Å². The maximum Gasteiger partial charge on any atom is 0.322 e. The van der Waals surface area contributed by atoms with Gasteiger partial charge in [0, 0.05) is 12.8 Å². The van der Waals surface area contributed by atoms with Gasteiger partial charge in [-0.1, -0.05) is 161 Å². The van der Waals surface area contributed by atoms with Gasteiger partial charge in [-0.2, -0.15) is 0 Å². The van der Waals surface area contributed by atoms with Crippen molar-refractivity contribution >= 4 is 17.8 Å². The van der Waals surface area contributed by atoms with E-state index in [1.807, 2.05) is 0 Å². The summed E-state index contributed by atoms with van der Waals surface area (Å²) in [7, 11) is 0. The lowest BCUT2D eigenvalue weighted by Gasteiger charge is -2.15.